The highest BCUT2D eigenvalue weighted by atomic mass is 16.8. The molecule has 0 amide bonds. The highest BCUT2D eigenvalue weighted by molar-refractivity contribution is 5.84. The topological polar surface area (TPSA) is 161 Å². The van der Waals surface area contributed by atoms with Crippen molar-refractivity contribution in [3.8, 4) is 0 Å². The lowest BCUT2D eigenvalue weighted by molar-refractivity contribution is -0.409. The molecule has 0 aromatic rings. The van der Waals surface area contributed by atoms with Crippen molar-refractivity contribution in [2.45, 2.75) is 199 Å². The SMILES string of the molecule is CC[C@H](C(=O)[C@H](C)[C@H](O)[C@H](C)C1O[C@@H]([C@H](CC)C(=O)O)CC[C@@H]1C)C1O[C@@]2(C=C[C@@H](O)[C@]3(CC[C@](C)(C4CC[C@@](O)(CC)[C@H](C)O4)O3)O2)[C@H](C)C[C@@H]1C. The second-order valence-corrected chi connectivity index (χ2v) is 17.9. The molecule has 3 unspecified atom stereocenters. The first-order valence-electron chi connectivity index (χ1n) is 20.7. The summed E-state index contributed by atoms with van der Waals surface area (Å²) in [7, 11) is 0. The van der Waals surface area contributed by atoms with Gasteiger partial charge < -0.3 is 44.1 Å². The van der Waals surface area contributed by atoms with E-state index >= 15 is 0 Å². The van der Waals surface area contributed by atoms with Crippen LogP contribution in [0.5, 0.6) is 0 Å². The number of hydrogen-bond acceptors (Lipinski definition) is 10. The molecule has 53 heavy (non-hydrogen) atoms. The minimum Gasteiger partial charge on any atom is -0.481 e. The van der Waals surface area contributed by atoms with Gasteiger partial charge >= 0.3 is 5.97 Å². The number of carbonyl (C=O) groups excluding carboxylic acids is 1. The Balaban J connectivity index is 1.31. The van der Waals surface area contributed by atoms with Gasteiger partial charge in [0.2, 0.25) is 5.79 Å². The lowest BCUT2D eigenvalue weighted by Crippen LogP contribution is -2.63. The number of ether oxygens (including phenoxy) is 5. The molecule has 5 rings (SSSR count). The Hall–Kier alpha value is -1.44. The lowest BCUT2D eigenvalue weighted by Gasteiger charge is -2.54. The van der Waals surface area contributed by atoms with Gasteiger partial charge in [-0.2, -0.15) is 0 Å². The third-order valence-corrected chi connectivity index (χ3v) is 14.4. The number of Topliss-reactive ketones (excluding diaryl/α,β-unsaturated/α-hetero) is 1. The highest BCUT2D eigenvalue weighted by Gasteiger charge is 2.63. The Morgan fingerprint density at radius 1 is 0.887 bits per heavy atom. The maximum Gasteiger partial charge on any atom is 0.309 e. The van der Waals surface area contributed by atoms with E-state index in [1.807, 2.05) is 41.5 Å². The van der Waals surface area contributed by atoms with Crippen LogP contribution in [0.2, 0.25) is 0 Å². The predicted octanol–water partition coefficient (Wildman–Crippen LogP) is 6.19. The summed E-state index contributed by atoms with van der Waals surface area (Å²) in [6.45, 7) is 19.6. The van der Waals surface area contributed by atoms with Crippen LogP contribution in [-0.2, 0) is 33.3 Å². The van der Waals surface area contributed by atoms with E-state index in [2.05, 4.69) is 20.8 Å². The van der Waals surface area contributed by atoms with E-state index in [1.54, 1.807) is 19.1 Å². The Bertz CT molecular complexity index is 1320. The van der Waals surface area contributed by atoms with E-state index in [0.29, 0.717) is 57.8 Å². The second kappa shape index (κ2) is 16.2. The van der Waals surface area contributed by atoms with Crippen LogP contribution < -0.4 is 0 Å². The first kappa shape index (κ1) is 42.7. The van der Waals surface area contributed by atoms with Gasteiger partial charge in [-0.15, -0.1) is 0 Å². The number of carboxylic acid groups (broad SMARTS) is 1. The number of rotatable bonds is 12. The van der Waals surface area contributed by atoms with Crippen LogP contribution in [-0.4, -0.2) is 97.7 Å². The van der Waals surface area contributed by atoms with Gasteiger partial charge in [0.15, 0.2) is 5.79 Å². The van der Waals surface area contributed by atoms with E-state index in [9.17, 15) is 30.0 Å². The highest BCUT2D eigenvalue weighted by Crippen LogP contribution is 2.54. The molecular formula is C42H70O11. The molecule has 0 aromatic heterocycles. The number of carboxylic acids is 1. The van der Waals surface area contributed by atoms with Crippen molar-refractivity contribution in [2.24, 2.45) is 41.4 Å². The Kier molecular flexibility index (Phi) is 13.0. The molecule has 18 atom stereocenters. The normalized spacial score (nSPS) is 46.2. The van der Waals surface area contributed by atoms with Crippen molar-refractivity contribution >= 4 is 11.8 Å². The monoisotopic (exact) mass is 750 g/mol. The van der Waals surface area contributed by atoms with E-state index in [1.165, 1.54) is 0 Å². The number of hydrogen-bond donors (Lipinski definition) is 4. The van der Waals surface area contributed by atoms with Crippen molar-refractivity contribution in [3.63, 3.8) is 0 Å². The van der Waals surface area contributed by atoms with Crippen LogP contribution in [0.15, 0.2) is 12.2 Å². The summed E-state index contributed by atoms with van der Waals surface area (Å²) >= 11 is 0. The molecule has 0 bridgehead atoms. The zero-order valence-electron chi connectivity index (χ0n) is 34.0. The summed E-state index contributed by atoms with van der Waals surface area (Å²) in [5, 5.41) is 44.0. The molecule has 2 spiro atoms. The molecule has 0 aromatic carbocycles. The molecule has 11 nitrogen and oxygen atoms in total. The number of carbonyl (C=O) groups is 2. The quantitative estimate of drug-likeness (QED) is 0.169. The van der Waals surface area contributed by atoms with Crippen molar-refractivity contribution in [2.75, 3.05) is 0 Å². The van der Waals surface area contributed by atoms with E-state index in [4.69, 9.17) is 23.7 Å². The number of aliphatic carboxylic acids is 1. The summed E-state index contributed by atoms with van der Waals surface area (Å²) < 4.78 is 33.5. The number of aliphatic hydroxyl groups is 3. The van der Waals surface area contributed by atoms with Gasteiger partial charge in [-0.25, -0.2) is 0 Å². The van der Waals surface area contributed by atoms with Crippen molar-refractivity contribution in [1.82, 2.24) is 0 Å². The summed E-state index contributed by atoms with van der Waals surface area (Å²) in [5.74, 6) is -5.78. The maximum absolute atomic E-state index is 14.4. The standard InChI is InChI=1S/C42H70O11/c1-11-29(38(46)47)31-15-14-23(4)36(50-31)27(8)34(44)26(7)35(45)30(12-2)37-24(5)22-25(6)41(51-37)19-16-32(43)42(53-41)21-20-39(10,52-42)33-17-18-40(48,13-3)28(9)49-33/h16,19,23-34,36-37,43-44,48H,11-15,17-18,20-22H2,1-10H3,(H,46,47)/t23-,24-,25+,26+,27-,28-,29-,30+,31+,32+,33?,34-,36?,37?,39+,40-,41+,42-/m0/s1. The first-order chi connectivity index (χ1) is 24.8. The summed E-state index contributed by atoms with van der Waals surface area (Å²) in [6.07, 6.45) is 5.51. The Morgan fingerprint density at radius 2 is 1.57 bits per heavy atom. The molecule has 0 saturated carbocycles. The molecule has 0 aliphatic carbocycles. The molecule has 11 heteroatoms. The molecule has 5 heterocycles. The minimum absolute atomic E-state index is 0.0137. The zero-order valence-corrected chi connectivity index (χ0v) is 34.0. The minimum atomic E-state index is -1.37. The smallest absolute Gasteiger partial charge is 0.309 e. The molecule has 0 radical (unpaired) electrons. The fourth-order valence-corrected chi connectivity index (χ4v) is 10.5. The summed E-state index contributed by atoms with van der Waals surface area (Å²) in [6, 6.07) is 0. The predicted molar refractivity (Wildman–Crippen MR) is 199 cm³/mol. The van der Waals surface area contributed by atoms with Crippen LogP contribution in [0.1, 0.15) is 133 Å². The third kappa shape index (κ3) is 7.94. The Labute approximate surface area is 317 Å². The van der Waals surface area contributed by atoms with Gasteiger partial charge in [-0.1, -0.05) is 55.4 Å². The molecule has 4 saturated heterocycles. The average molecular weight is 751 g/mol. The average Bonchev–Trinajstić information content (AvgIpc) is 3.47. The van der Waals surface area contributed by atoms with Crippen LogP contribution >= 0.6 is 0 Å². The van der Waals surface area contributed by atoms with Gasteiger partial charge in [0.1, 0.15) is 11.9 Å². The fourth-order valence-electron chi connectivity index (χ4n) is 10.5. The summed E-state index contributed by atoms with van der Waals surface area (Å²) in [5.41, 5.74) is -1.63. The molecule has 5 aliphatic heterocycles. The largest absolute Gasteiger partial charge is 0.481 e. The van der Waals surface area contributed by atoms with Crippen LogP contribution in [0.25, 0.3) is 0 Å². The number of aliphatic hydroxyl groups excluding tert-OH is 2. The first-order valence-corrected chi connectivity index (χ1v) is 20.7. The van der Waals surface area contributed by atoms with Gasteiger partial charge in [-0.3, -0.25) is 9.59 Å². The van der Waals surface area contributed by atoms with Crippen LogP contribution in [0.3, 0.4) is 0 Å². The third-order valence-electron chi connectivity index (χ3n) is 14.4. The zero-order chi connectivity index (χ0) is 39.3. The van der Waals surface area contributed by atoms with Gasteiger partial charge in [-0.05, 0) is 95.6 Å². The van der Waals surface area contributed by atoms with Gasteiger partial charge in [0.05, 0.1) is 53.7 Å². The van der Waals surface area contributed by atoms with E-state index in [-0.39, 0.29) is 41.8 Å². The second-order valence-electron chi connectivity index (χ2n) is 17.9. The van der Waals surface area contributed by atoms with E-state index in [0.717, 1.165) is 6.42 Å². The molecule has 5 aliphatic rings. The van der Waals surface area contributed by atoms with Crippen LogP contribution in [0, 0.1) is 41.4 Å². The van der Waals surface area contributed by atoms with Gasteiger partial charge in [0, 0.05) is 30.1 Å². The van der Waals surface area contributed by atoms with Crippen molar-refractivity contribution < 1.29 is 53.7 Å². The molecule has 4 fully saturated rings. The van der Waals surface area contributed by atoms with Crippen molar-refractivity contribution in [1.29, 1.82) is 0 Å². The van der Waals surface area contributed by atoms with E-state index < -0.39 is 76.8 Å². The van der Waals surface area contributed by atoms with Crippen LogP contribution in [0.4, 0.5) is 0 Å². The lowest BCUT2D eigenvalue weighted by atomic mass is 9.72. The fraction of sp³-hybridized carbons (Fsp3) is 0.905. The van der Waals surface area contributed by atoms with Crippen molar-refractivity contribution in [3.05, 3.63) is 12.2 Å². The number of ketones is 1. The van der Waals surface area contributed by atoms with Gasteiger partial charge in [0.25, 0.3) is 0 Å². The maximum atomic E-state index is 14.4. The molecular weight excluding hydrogens is 680 g/mol. The molecule has 304 valence electrons. The summed E-state index contributed by atoms with van der Waals surface area (Å²) in [4.78, 5) is 26.4. The Morgan fingerprint density at radius 3 is 2.17 bits per heavy atom. The molecule has 4 N–H and O–H groups in total.